The first-order valence-electron chi connectivity index (χ1n) is 10.7. The molecule has 0 spiro atoms. The van der Waals surface area contributed by atoms with Gasteiger partial charge >= 0.3 is 5.69 Å². The molecule has 4 heterocycles. The Morgan fingerprint density at radius 1 is 1.21 bits per heavy atom. The molecule has 33 heavy (non-hydrogen) atoms. The van der Waals surface area contributed by atoms with E-state index >= 15 is 0 Å². The molecule has 11 nitrogen and oxygen atoms in total. The Labute approximate surface area is 188 Å². The molecule has 0 aromatic carbocycles. The summed E-state index contributed by atoms with van der Waals surface area (Å²) in [5.74, 6) is 0.592. The number of amides is 2. The molecule has 174 valence electrons. The third-order valence-corrected chi connectivity index (χ3v) is 5.98. The van der Waals surface area contributed by atoms with E-state index in [-0.39, 0.29) is 35.4 Å². The first kappa shape index (κ1) is 22.3. The Balaban J connectivity index is 1.29. The number of rotatable bonds is 6. The van der Waals surface area contributed by atoms with Crippen molar-refractivity contribution in [2.24, 2.45) is 20.0 Å². The summed E-state index contributed by atoms with van der Waals surface area (Å²) in [4.78, 5) is 55.2. The number of nitrogens with one attached hydrogen (secondary N) is 1. The highest BCUT2D eigenvalue weighted by Gasteiger charge is 2.22. The summed E-state index contributed by atoms with van der Waals surface area (Å²) in [5.41, 5.74) is -0.502. The number of piperidine rings is 1. The molecule has 0 aliphatic carbocycles. The molecule has 1 N–H and O–H groups in total. The zero-order valence-electron chi connectivity index (χ0n) is 18.6. The van der Waals surface area contributed by atoms with E-state index in [2.05, 4.69) is 10.3 Å². The zero-order valence-corrected chi connectivity index (χ0v) is 18.6. The maximum Gasteiger partial charge on any atom is 0.332 e. The summed E-state index contributed by atoms with van der Waals surface area (Å²) in [6.07, 6.45) is 7.69. The van der Waals surface area contributed by atoms with Crippen molar-refractivity contribution in [2.75, 3.05) is 19.6 Å². The predicted molar refractivity (Wildman–Crippen MR) is 120 cm³/mol. The number of nitrogens with zero attached hydrogens (tertiary/aromatic N) is 5. The van der Waals surface area contributed by atoms with E-state index < -0.39 is 11.2 Å². The highest BCUT2D eigenvalue weighted by molar-refractivity contribution is 5.91. The third kappa shape index (κ3) is 4.66. The lowest BCUT2D eigenvalue weighted by molar-refractivity contribution is -0.127. The monoisotopic (exact) mass is 454 g/mol. The lowest BCUT2D eigenvalue weighted by atomic mass is 9.96. The van der Waals surface area contributed by atoms with Crippen LogP contribution in [-0.2, 0) is 30.2 Å². The van der Waals surface area contributed by atoms with Crippen molar-refractivity contribution in [3.63, 3.8) is 0 Å². The maximum absolute atomic E-state index is 12.5. The molecule has 0 saturated carbocycles. The summed E-state index contributed by atoms with van der Waals surface area (Å²) < 4.78 is 8.93. The molecule has 0 bridgehead atoms. The van der Waals surface area contributed by atoms with Crippen LogP contribution < -0.4 is 16.6 Å². The normalized spacial score (nSPS) is 14.9. The number of imidazole rings is 1. The largest absolute Gasteiger partial charge is 0.465 e. The maximum atomic E-state index is 12.5. The third-order valence-electron chi connectivity index (χ3n) is 5.98. The van der Waals surface area contributed by atoms with Crippen molar-refractivity contribution in [1.82, 2.24) is 28.9 Å². The molecule has 1 aliphatic rings. The van der Waals surface area contributed by atoms with Crippen LogP contribution in [0.3, 0.4) is 0 Å². The minimum absolute atomic E-state index is 0.0585. The summed E-state index contributed by atoms with van der Waals surface area (Å²) >= 11 is 0. The second kappa shape index (κ2) is 9.31. The molecular formula is C22H26N6O5. The molecule has 1 saturated heterocycles. The second-order valence-corrected chi connectivity index (χ2v) is 8.17. The first-order valence-corrected chi connectivity index (χ1v) is 10.7. The lowest BCUT2D eigenvalue weighted by Crippen LogP contribution is -2.41. The van der Waals surface area contributed by atoms with E-state index in [1.807, 2.05) is 0 Å². The molecule has 0 atom stereocenters. The van der Waals surface area contributed by atoms with Crippen LogP contribution in [0.2, 0.25) is 0 Å². The van der Waals surface area contributed by atoms with Gasteiger partial charge < -0.3 is 19.2 Å². The van der Waals surface area contributed by atoms with Crippen molar-refractivity contribution in [1.29, 1.82) is 0 Å². The number of hydrogen-bond acceptors (Lipinski definition) is 6. The predicted octanol–water partition coefficient (Wildman–Crippen LogP) is 0.0949. The quantitative estimate of drug-likeness (QED) is 0.527. The van der Waals surface area contributed by atoms with Gasteiger partial charge in [-0.15, -0.1) is 0 Å². The topological polar surface area (TPSA) is 124 Å². The van der Waals surface area contributed by atoms with Gasteiger partial charge in [0.2, 0.25) is 11.8 Å². The molecule has 4 rings (SSSR count). The van der Waals surface area contributed by atoms with Crippen molar-refractivity contribution in [3.05, 3.63) is 57.4 Å². The first-order chi connectivity index (χ1) is 15.8. The number of furan rings is 1. The van der Waals surface area contributed by atoms with Crippen molar-refractivity contribution < 1.29 is 14.0 Å². The van der Waals surface area contributed by atoms with E-state index in [1.165, 1.54) is 35.6 Å². The van der Waals surface area contributed by atoms with Crippen LogP contribution in [0.15, 0.2) is 44.8 Å². The van der Waals surface area contributed by atoms with Crippen molar-refractivity contribution >= 4 is 29.1 Å². The second-order valence-electron chi connectivity index (χ2n) is 8.17. The SMILES string of the molecule is Cn1c(=O)c2c(ncn2CC(=O)NCC2CCN(C(=O)/C=C/c3ccco3)CC2)n(C)c1=O. The number of hydrogen-bond donors (Lipinski definition) is 1. The Hall–Kier alpha value is -3.89. The van der Waals surface area contributed by atoms with Crippen LogP contribution in [0.25, 0.3) is 17.2 Å². The average Bonchev–Trinajstić information content (AvgIpc) is 3.49. The van der Waals surface area contributed by atoms with Gasteiger partial charge in [-0.1, -0.05) is 0 Å². The minimum atomic E-state index is -0.489. The van der Waals surface area contributed by atoms with E-state index in [0.29, 0.717) is 25.4 Å². The van der Waals surface area contributed by atoms with E-state index in [9.17, 15) is 19.2 Å². The number of aromatic nitrogens is 4. The molecule has 3 aromatic heterocycles. The van der Waals surface area contributed by atoms with Gasteiger partial charge in [-0.25, -0.2) is 9.78 Å². The van der Waals surface area contributed by atoms with Gasteiger partial charge in [0, 0.05) is 39.8 Å². The van der Waals surface area contributed by atoms with Crippen LogP contribution >= 0.6 is 0 Å². The molecule has 1 fully saturated rings. The van der Waals surface area contributed by atoms with Gasteiger partial charge in [-0.2, -0.15) is 0 Å². The van der Waals surface area contributed by atoms with Gasteiger partial charge in [-0.05, 0) is 37.0 Å². The van der Waals surface area contributed by atoms with E-state index in [4.69, 9.17) is 4.42 Å². The van der Waals surface area contributed by atoms with Gasteiger partial charge in [0.1, 0.15) is 12.3 Å². The van der Waals surface area contributed by atoms with Gasteiger partial charge in [0.05, 0.1) is 12.6 Å². The summed E-state index contributed by atoms with van der Waals surface area (Å²) in [7, 11) is 2.93. The molecular weight excluding hydrogens is 428 g/mol. The summed E-state index contributed by atoms with van der Waals surface area (Å²) in [5, 5.41) is 2.91. The Morgan fingerprint density at radius 3 is 2.67 bits per heavy atom. The molecule has 0 unspecified atom stereocenters. The Bertz CT molecular complexity index is 1310. The fraction of sp³-hybridized carbons (Fsp3) is 0.409. The average molecular weight is 454 g/mol. The van der Waals surface area contributed by atoms with E-state index in [1.54, 1.807) is 29.4 Å². The Kier molecular flexibility index (Phi) is 6.29. The number of fused-ring (bicyclic) bond motifs is 1. The molecule has 1 aliphatic heterocycles. The highest BCUT2D eigenvalue weighted by atomic mass is 16.3. The van der Waals surface area contributed by atoms with Crippen LogP contribution in [-0.4, -0.2) is 55.0 Å². The molecule has 11 heteroatoms. The molecule has 2 amide bonds. The zero-order chi connectivity index (χ0) is 23.5. The van der Waals surface area contributed by atoms with Crippen LogP contribution in [0, 0.1) is 5.92 Å². The summed E-state index contributed by atoms with van der Waals surface area (Å²) in [6, 6.07) is 3.55. The van der Waals surface area contributed by atoms with Gasteiger partial charge in [0.25, 0.3) is 5.56 Å². The van der Waals surface area contributed by atoms with Crippen molar-refractivity contribution in [2.45, 2.75) is 19.4 Å². The van der Waals surface area contributed by atoms with Crippen LogP contribution in [0.5, 0.6) is 0 Å². The van der Waals surface area contributed by atoms with Gasteiger partial charge in [0.15, 0.2) is 11.2 Å². The lowest BCUT2D eigenvalue weighted by Gasteiger charge is -2.31. The van der Waals surface area contributed by atoms with Crippen LogP contribution in [0.4, 0.5) is 0 Å². The number of carbonyl (C=O) groups excluding carboxylic acids is 2. The van der Waals surface area contributed by atoms with E-state index in [0.717, 1.165) is 17.4 Å². The highest BCUT2D eigenvalue weighted by Crippen LogP contribution is 2.17. The number of aryl methyl sites for hydroxylation is 1. The van der Waals surface area contributed by atoms with Crippen molar-refractivity contribution in [3.8, 4) is 0 Å². The smallest absolute Gasteiger partial charge is 0.332 e. The fourth-order valence-electron chi connectivity index (χ4n) is 3.99. The minimum Gasteiger partial charge on any atom is -0.465 e. The standard InChI is InChI=1S/C22H26N6O5/c1-25-20-19(21(31)26(2)22(25)32)28(14-24-20)13-17(29)23-12-15-7-9-27(10-8-15)18(30)6-5-16-4-3-11-33-16/h3-6,11,14-15H,7-10,12-13H2,1-2H3,(H,23,29)/b6-5+. The fourth-order valence-corrected chi connectivity index (χ4v) is 3.99. The number of carbonyl (C=O) groups is 2. The number of likely N-dealkylation sites (tertiary alicyclic amines) is 1. The molecule has 3 aromatic rings. The molecule has 0 radical (unpaired) electrons. The van der Waals surface area contributed by atoms with Crippen LogP contribution in [0.1, 0.15) is 18.6 Å². The Morgan fingerprint density at radius 2 is 1.97 bits per heavy atom. The summed E-state index contributed by atoms with van der Waals surface area (Å²) in [6.45, 7) is 1.67. The van der Waals surface area contributed by atoms with Gasteiger partial charge in [-0.3, -0.25) is 23.5 Å².